The van der Waals surface area contributed by atoms with Crippen LogP contribution in [0.3, 0.4) is 0 Å². The van der Waals surface area contributed by atoms with Gasteiger partial charge in [0, 0.05) is 20.0 Å². The lowest BCUT2D eigenvalue weighted by atomic mass is 10.2. The van der Waals surface area contributed by atoms with E-state index in [0.29, 0.717) is 30.0 Å². The molecule has 0 unspecified atom stereocenters. The molecule has 9 heteroatoms. The number of nitrogens with zero attached hydrogens (tertiary/aromatic N) is 2. The number of nitrogens with one attached hydrogen (secondary N) is 2. The fourth-order valence-electron chi connectivity index (χ4n) is 2.03. The fourth-order valence-corrected chi connectivity index (χ4v) is 2.23. The monoisotopic (exact) mass is 364 g/mol. The summed E-state index contributed by atoms with van der Waals surface area (Å²) < 4.78 is 5.75. The Kier molecular flexibility index (Phi) is 6.13. The Morgan fingerprint density at radius 2 is 1.92 bits per heavy atom. The number of carbonyl (C=O) groups excluding carboxylic acids is 2. The molecular formula is C16H17ClN4O4. The van der Waals surface area contributed by atoms with Gasteiger partial charge in [0.25, 0.3) is 5.56 Å². The van der Waals surface area contributed by atoms with Crippen molar-refractivity contribution in [2.75, 3.05) is 25.5 Å². The van der Waals surface area contributed by atoms with Crippen LogP contribution in [0.1, 0.15) is 17.3 Å². The molecule has 2 aromatic rings. The Bertz CT molecular complexity index is 833. The van der Waals surface area contributed by atoms with Gasteiger partial charge in [0.2, 0.25) is 5.91 Å². The molecule has 0 fully saturated rings. The van der Waals surface area contributed by atoms with Crippen molar-refractivity contribution < 1.29 is 14.3 Å². The maximum absolute atomic E-state index is 12.4. The van der Waals surface area contributed by atoms with E-state index in [4.69, 9.17) is 11.6 Å². The Morgan fingerprint density at radius 3 is 2.52 bits per heavy atom. The van der Waals surface area contributed by atoms with Crippen molar-refractivity contribution in [1.29, 1.82) is 0 Å². The van der Waals surface area contributed by atoms with Gasteiger partial charge < -0.3 is 15.4 Å². The van der Waals surface area contributed by atoms with Crippen molar-refractivity contribution in [1.82, 2.24) is 15.1 Å². The molecule has 2 N–H and O–H groups in total. The lowest BCUT2D eigenvalue weighted by molar-refractivity contribution is -0.118. The minimum absolute atomic E-state index is 0.0186. The van der Waals surface area contributed by atoms with Crippen LogP contribution in [0.4, 0.5) is 5.69 Å². The van der Waals surface area contributed by atoms with Crippen LogP contribution in [0.15, 0.2) is 35.3 Å². The quantitative estimate of drug-likeness (QED) is 0.590. The van der Waals surface area contributed by atoms with Crippen molar-refractivity contribution in [3.8, 4) is 5.69 Å². The molecule has 25 heavy (non-hydrogen) atoms. The lowest BCUT2D eigenvalue weighted by Crippen LogP contribution is -2.27. The number of esters is 1. The zero-order chi connectivity index (χ0) is 18.4. The SMILES string of the molecule is COC(=O)c1ccc(-n2ncc(NCCNC(C)=O)c(Cl)c2=O)cc1. The minimum Gasteiger partial charge on any atom is -0.465 e. The Balaban J connectivity index is 2.18. The Labute approximate surface area is 148 Å². The van der Waals surface area contributed by atoms with Crippen molar-refractivity contribution in [3.05, 3.63) is 51.4 Å². The van der Waals surface area contributed by atoms with E-state index < -0.39 is 11.5 Å². The average Bonchev–Trinajstić information content (AvgIpc) is 2.61. The van der Waals surface area contributed by atoms with Crippen LogP contribution in [0.2, 0.25) is 5.02 Å². The average molecular weight is 365 g/mol. The number of hydrogen-bond acceptors (Lipinski definition) is 6. The first kappa shape index (κ1) is 18.5. The second-order valence-corrected chi connectivity index (χ2v) is 5.42. The third-order valence-corrected chi connectivity index (χ3v) is 3.63. The van der Waals surface area contributed by atoms with Gasteiger partial charge in [-0.25, -0.2) is 4.79 Å². The molecule has 0 spiro atoms. The predicted molar refractivity (Wildman–Crippen MR) is 93.4 cm³/mol. The topological polar surface area (TPSA) is 102 Å². The summed E-state index contributed by atoms with van der Waals surface area (Å²) in [6.07, 6.45) is 1.42. The van der Waals surface area contributed by atoms with Crippen LogP contribution >= 0.6 is 11.6 Å². The number of methoxy groups -OCH3 is 1. The molecule has 8 nitrogen and oxygen atoms in total. The van der Waals surface area contributed by atoms with Crippen LogP contribution < -0.4 is 16.2 Å². The van der Waals surface area contributed by atoms with E-state index in [0.717, 1.165) is 4.68 Å². The molecule has 1 heterocycles. The van der Waals surface area contributed by atoms with Gasteiger partial charge in [-0.2, -0.15) is 9.78 Å². The highest BCUT2D eigenvalue weighted by atomic mass is 35.5. The van der Waals surface area contributed by atoms with Gasteiger partial charge in [-0.15, -0.1) is 0 Å². The zero-order valence-electron chi connectivity index (χ0n) is 13.7. The summed E-state index contributed by atoms with van der Waals surface area (Å²) in [4.78, 5) is 34.6. The van der Waals surface area contributed by atoms with Crippen LogP contribution in [0.25, 0.3) is 5.69 Å². The highest BCUT2D eigenvalue weighted by Gasteiger charge is 2.11. The summed E-state index contributed by atoms with van der Waals surface area (Å²) in [5.41, 5.74) is 0.697. The Hall–Kier alpha value is -2.87. The molecule has 1 amide bonds. The van der Waals surface area contributed by atoms with E-state index in [9.17, 15) is 14.4 Å². The summed E-state index contributed by atoms with van der Waals surface area (Å²) in [5, 5.41) is 9.61. The summed E-state index contributed by atoms with van der Waals surface area (Å²) in [7, 11) is 1.29. The molecule has 1 aromatic heterocycles. The molecule has 2 rings (SSSR count). The summed E-state index contributed by atoms with van der Waals surface area (Å²) >= 11 is 6.10. The summed E-state index contributed by atoms with van der Waals surface area (Å²) in [5.74, 6) is -0.611. The highest BCUT2D eigenvalue weighted by molar-refractivity contribution is 6.32. The standard InChI is InChI=1S/C16H17ClN4O4/c1-10(22)18-7-8-19-13-9-20-21(15(23)14(13)17)12-5-3-11(4-6-12)16(24)25-2/h3-6,9,19H,7-8H2,1-2H3,(H,18,22). The van der Waals surface area contributed by atoms with Gasteiger partial charge in [-0.1, -0.05) is 11.6 Å². The first-order chi connectivity index (χ1) is 11.9. The number of halogens is 1. The molecule has 1 aromatic carbocycles. The van der Waals surface area contributed by atoms with E-state index in [1.54, 1.807) is 12.1 Å². The maximum Gasteiger partial charge on any atom is 0.337 e. The van der Waals surface area contributed by atoms with E-state index in [-0.39, 0.29) is 10.9 Å². The van der Waals surface area contributed by atoms with Crippen molar-refractivity contribution in [2.45, 2.75) is 6.92 Å². The predicted octanol–water partition coefficient (Wildman–Crippen LogP) is 1.22. The van der Waals surface area contributed by atoms with Gasteiger partial charge in [-0.05, 0) is 24.3 Å². The Morgan fingerprint density at radius 1 is 1.24 bits per heavy atom. The first-order valence-corrected chi connectivity index (χ1v) is 7.76. The molecule has 0 saturated heterocycles. The van der Waals surface area contributed by atoms with Crippen LogP contribution in [0, 0.1) is 0 Å². The van der Waals surface area contributed by atoms with Gasteiger partial charge in [0.05, 0.1) is 30.2 Å². The summed E-state index contributed by atoms with van der Waals surface area (Å²) in [6.45, 7) is 2.21. The molecule has 0 radical (unpaired) electrons. The second kappa shape index (κ2) is 8.29. The van der Waals surface area contributed by atoms with E-state index in [1.165, 1.54) is 32.4 Å². The van der Waals surface area contributed by atoms with E-state index in [2.05, 4.69) is 20.5 Å². The van der Waals surface area contributed by atoms with Gasteiger partial charge in [0.1, 0.15) is 5.02 Å². The molecule has 132 valence electrons. The highest BCUT2D eigenvalue weighted by Crippen LogP contribution is 2.16. The number of rotatable bonds is 6. The van der Waals surface area contributed by atoms with Crippen LogP contribution in [-0.2, 0) is 9.53 Å². The third kappa shape index (κ3) is 4.57. The normalized spacial score (nSPS) is 10.2. The zero-order valence-corrected chi connectivity index (χ0v) is 14.5. The van der Waals surface area contributed by atoms with E-state index in [1.807, 2.05) is 0 Å². The van der Waals surface area contributed by atoms with Crippen molar-refractivity contribution >= 4 is 29.2 Å². The molecular weight excluding hydrogens is 348 g/mol. The minimum atomic E-state index is -0.503. The summed E-state index contributed by atoms with van der Waals surface area (Å²) in [6, 6.07) is 6.20. The van der Waals surface area contributed by atoms with Crippen molar-refractivity contribution in [3.63, 3.8) is 0 Å². The molecule has 0 atom stereocenters. The van der Waals surface area contributed by atoms with Gasteiger partial charge in [0.15, 0.2) is 0 Å². The van der Waals surface area contributed by atoms with Crippen LogP contribution in [0.5, 0.6) is 0 Å². The molecule has 0 aliphatic heterocycles. The number of hydrogen-bond donors (Lipinski definition) is 2. The second-order valence-electron chi connectivity index (χ2n) is 5.04. The third-order valence-electron chi connectivity index (χ3n) is 3.27. The molecule has 0 saturated carbocycles. The van der Waals surface area contributed by atoms with Gasteiger partial charge in [-0.3, -0.25) is 9.59 Å². The van der Waals surface area contributed by atoms with Crippen LogP contribution in [-0.4, -0.2) is 41.9 Å². The number of aromatic nitrogens is 2. The van der Waals surface area contributed by atoms with E-state index >= 15 is 0 Å². The lowest BCUT2D eigenvalue weighted by Gasteiger charge is -2.10. The maximum atomic E-state index is 12.4. The van der Waals surface area contributed by atoms with Gasteiger partial charge >= 0.3 is 5.97 Å². The number of carbonyl (C=O) groups is 2. The number of ether oxygens (including phenoxy) is 1. The van der Waals surface area contributed by atoms with Crippen molar-refractivity contribution in [2.24, 2.45) is 0 Å². The molecule has 0 bridgehead atoms. The number of anilines is 1. The number of amides is 1. The fraction of sp³-hybridized carbons (Fsp3) is 0.250. The molecule has 0 aliphatic carbocycles. The largest absolute Gasteiger partial charge is 0.465 e. The first-order valence-electron chi connectivity index (χ1n) is 7.39. The smallest absolute Gasteiger partial charge is 0.337 e. The number of benzene rings is 1. The molecule has 0 aliphatic rings.